The van der Waals surface area contributed by atoms with Gasteiger partial charge in [0.25, 0.3) is 0 Å². The van der Waals surface area contributed by atoms with Crippen LogP contribution in [0, 0.1) is 11.3 Å². The Kier molecular flexibility index (Phi) is 6.39. The fourth-order valence-corrected chi connectivity index (χ4v) is 1.73. The Balaban J connectivity index is 4.82. The van der Waals surface area contributed by atoms with Crippen LogP contribution in [0.15, 0.2) is 11.8 Å². The summed E-state index contributed by atoms with van der Waals surface area (Å²) >= 11 is 0. The molecule has 1 N–H and O–H groups in total. The second-order valence-corrected chi connectivity index (χ2v) is 4.71. The van der Waals surface area contributed by atoms with Gasteiger partial charge in [-0.1, -0.05) is 34.6 Å². The van der Waals surface area contributed by atoms with E-state index in [9.17, 15) is 9.90 Å². The van der Waals surface area contributed by atoms with Crippen molar-refractivity contribution in [3.63, 3.8) is 0 Å². The number of rotatable bonds is 7. The molecule has 0 aliphatic heterocycles. The molecule has 0 amide bonds. The quantitative estimate of drug-likeness (QED) is 0.520. The lowest BCUT2D eigenvalue weighted by molar-refractivity contribution is -0.118. The standard InChI is InChI=1S/C14H26O2/c1-6-11(7-2)12(15)10-13(16)14(5,8-3)9-4/h10-11,16H,6-9H2,1-5H3. The van der Waals surface area contributed by atoms with Crippen LogP contribution in [0.25, 0.3) is 0 Å². The van der Waals surface area contributed by atoms with E-state index in [0.717, 1.165) is 25.7 Å². The third-order valence-electron chi connectivity index (χ3n) is 3.85. The van der Waals surface area contributed by atoms with Crippen molar-refractivity contribution in [2.24, 2.45) is 11.3 Å². The Hall–Kier alpha value is -0.790. The van der Waals surface area contributed by atoms with E-state index in [-0.39, 0.29) is 22.9 Å². The van der Waals surface area contributed by atoms with Crippen LogP contribution in [-0.4, -0.2) is 10.9 Å². The maximum absolute atomic E-state index is 11.9. The highest BCUT2D eigenvalue weighted by Gasteiger charge is 2.26. The lowest BCUT2D eigenvalue weighted by atomic mass is 9.81. The summed E-state index contributed by atoms with van der Waals surface area (Å²) in [5.74, 6) is 0.366. The predicted molar refractivity (Wildman–Crippen MR) is 68.5 cm³/mol. The van der Waals surface area contributed by atoms with Crippen molar-refractivity contribution in [1.82, 2.24) is 0 Å². The summed E-state index contributed by atoms with van der Waals surface area (Å²) in [6.45, 7) is 10.1. The molecule has 0 bridgehead atoms. The topological polar surface area (TPSA) is 37.3 Å². The van der Waals surface area contributed by atoms with Gasteiger partial charge >= 0.3 is 0 Å². The van der Waals surface area contributed by atoms with Gasteiger partial charge in [-0.3, -0.25) is 4.79 Å². The fraction of sp³-hybridized carbons (Fsp3) is 0.786. The number of aliphatic hydroxyl groups excluding tert-OH is 1. The molecular formula is C14H26O2. The van der Waals surface area contributed by atoms with Gasteiger partial charge in [0.15, 0.2) is 5.78 Å². The smallest absolute Gasteiger partial charge is 0.162 e. The molecule has 0 radical (unpaired) electrons. The van der Waals surface area contributed by atoms with Crippen molar-refractivity contribution in [1.29, 1.82) is 0 Å². The average Bonchev–Trinajstić information content (AvgIpc) is 2.29. The van der Waals surface area contributed by atoms with Gasteiger partial charge < -0.3 is 5.11 Å². The number of ketones is 1. The number of hydrogen-bond donors (Lipinski definition) is 1. The zero-order chi connectivity index (χ0) is 12.8. The molecule has 2 heteroatoms. The summed E-state index contributed by atoms with van der Waals surface area (Å²) in [4.78, 5) is 11.9. The first-order valence-electron chi connectivity index (χ1n) is 6.40. The number of carbonyl (C=O) groups is 1. The minimum absolute atomic E-state index is 0.0557. The number of hydrogen-bond acceptors (Lipinski definition) is 2. The third-order valence-corrected chi connectivity index (χ3v) is 3.85. The largest absolute Gasteiger partial charge is 0.512 e. The zero-order valence-corrected chi connectivity index (χ0v) is 11.3. The van der Waals surface area contributed by atoms with Gasteiger partial charge in [-0.25, -0.2) is 0 Å². The molecule has 16 heavy (non-hydrogen) atoms. The van der Waals surface area contributed by atoms with Crippen molar-refractivity contribution >= 4 is 5.78 Å². The van der Waals surface area contributed by atoms with E-state index in [1.54, 1.807) is 0 Å². The van der Waals surface area contributed by atoms with Crippen LogP contribution < -0.4 is 0 Å². The molecule has 0 aromatic heterocycles. The molecule has 0 saturated heterocycles. The lowest BCUT2D eigenvalue weighted by Gasteiger charge is -2.26. The monoisotopic (exact) mass is 226 g/mol. The summed E-state index contributed by atoms with van der Waals surface area (Å²) in [7, 11) is 0. The van der Waals surface area contributed by atoms with Gasteiger partial charge in [-0.05, 0) is 25.7 Å². The van der Waals surface area contributed by atoms with Gasteiger partial charge in [-0.2, -0.15) is 0 Å². The maximum Gasteiger partial charge on any atom is 0.162 e. The van der Waals surface area contributed by atoms with E-state index in [1.807, 2.05) is 34.6 Å². The molecule has 0 heterocycles. The number of carbonyl (C=O) groups excluding carboxylic acids is 1. The molecule has 0 aromatic carbocycles. The van der Waals surface area contributed by atoms with Crippen LogP contribution in [0.2, 0.25) is 0 Å². The Morgan fingerprint density at radius 1 is 1.19 bits per heavy atom. The van der Waals surface area contributed by atoms with Gasteiger partial charge in [0.1, 0.15) is 5.76 Å². The van der Waals surface area contributed by atoms with Gasteiger partial charge in [0, 0.05) is 17.4 Å². The Bertz CT molecular complexity index is 245. The molecule has 0 spiro atoms. The van der Waals surface area contributed by atoms with Crippen LogP contribution >= 0.6 is 0 Å². The number of allylic oxidation sites excluding steroid dienone is 2. The third kappa shape index (κ3) is 3.66. The first-order chi connectivity index (χ1) is 7.45. The normalized spacial score (nSPS) is 13.2. The van der Waals surface area contributed by atoms with E-state index >= 15 is 0 Å². The minimum atomic E-state index is -0.248. The molecule has 0 atom stereocenters. The van der Waals surface area contributed by atoms with E-state index in [0.29, 0.717) is 0 Å². The second kappa shape index (κ2) is 6.72. The minimum Gasteiger partial charge on any atom is -0.512 e. The van der Waals surface area contributed by atoms with Crippen LogP contribution in [0.1, 0.15) is 60.3 Å². The lowest BCUT2D eigenvalue weighted by Crippen LogP contribution is -2.20. The van der Waals surface area contributed by atoms with Crippen molar-refractivity contribution in [3.8, 4) is 0 Å². The summed E-state index contributed by atoms with van der Waals surface area (Å²) in [6.07, 6.45) is 4.83. The molecule has 0 aliphatic rings. The first kappa shape index (κ1) is 15.2. The number of aliphatic hydroxyl groups is 1. The van der Waals surface area contributed by atoms with Crippen molar-refractivity contribution < 1.29 is 9.90 Å². The predicted octanol–water partition coefficient (Wildman–Crippen LogP) is 4.26. The van der Waals surface area contributed by atoms with E-state index < -0.39 is 0 Å². The van der Waals surface area contributed by atoms with Crippen molar-refractivity contribution in [2.45, 2.75) is 60.3 Å². The average molecular weight is 226 g/mol. The summed E-state index contributed by atoms with van der Waals surface area (Å²) < 4.78 is 0. The molecule has 0 saturated carbocycles. The van der Waals surface area contributed by atoms with Gasteiger partial charge in [0.2, 0.25) is 0 Å². The highest BCUT2D eigenvalue weighted by Crippen LogP contribution is 2.32. The molecule has 0 unspecified atom stereocenters. The van der Waals surface area contributed by atoms with Crippen molar-refractivity contribution in [2.75, 3.05) is 0 Å². The summed E-state index contributed by atoms with van der Waals surface area (Å²) in [6, 6.07) is 0. The van der Waals surface area contributed by atoms with Crippen LogP contribution in [0.3, 0.4) is 0 Å². The van der Waals surface area contributed by atoms with Gasteiger partial charge in [-0.15, -0.1) is 0 Å². The summed E-state index contributed by atoms with van der Waals surface area (Å²) in [5.41, 5.74) is -0.248. The van der Waals surface area contributed by atoms with E-state index in [4.69, 9.17) is 0 Å². The zero-order valence-electron chi connectivity index (χ0n) is 11.3. The van der Waals surface area contributed by atoms with Crippen LogP contribution in [-0.2, 0) is 4.79 Å². The molecule has 0 fully saturated rings. The first-order valence-corrected chi connectivity index (χ1v) is 6.40. The Morgan fingerprint density at radius 2 is 1.62 bits per heavy atom. The van der Waals surface area contributed by atoms with E-state index in [2.05, 4.69) is 0 Å². The molecular weight excluding hydrogens is 200 g/mol. The van der Waals surface area contributed by atoms with Crippen molar-refractivity contribution in [3.05, 3.63) is 11.8 Å². The Morgan fingerprint density at radius 3 is 1.94 bits per heavy atom. The maximum atomic E-state index is 11.9. The Labute approximate surface area is 99.7 Å². The fourth-order valence-electron chi connectivity index (χ4n) is 1.73. The van der Waals surface area contributed by atoms with Crippen LogP contribution in [0.4, 0.5) is 0 Å². The van der Waals surface area contributed by atoms with Crippen LogP contribution in [0.5, 0.6) is 0 Å². The molecule has 0 aromatic rings. The molecule has 2 nitrogen and oxygen atoms in total. The van der Waals surface area contributed by atoms with E-state index in [1.165, 1.54) is 6.08 Å². The summed E-state index contributed by atoms with van der Waals surface area (Å²) in [5, 5.41) is 10.0. The highest BCUT2D eigenvalue weighted by atomic mass is 16.3. The molecule has 94 valence electrons. The highest BCUT2D eigenvalue weighted by molar-refractivity contribution is 5.92. The van der Waals surface area contributed by atoms with Gasteiger partial charge in [0.05, 0.1) is 0 Å². The molecule has 0 aliphatic carbocycles. The second-order valence-electron chi connectivity index (χ2n) is 4.71. The molecule has 0 rings (SSSR count). The SMILES string of the molecule is CCC(CC)C(=O)C=C(O)C(C)(CC)CC.